The summed E-state index contributed by atoms with van der Waals surface area (Å²) in [6.45, 7) is 7.88. The first kappa shape index (κ1) is 26.5. The first-order valence-electron chi connectivity index (χ1n) is 10.2. The molecule has 0 amide bonds. The Kier molecular flexibility index (Phi) is 11.3. The summed E-state index contributed by atoms with van der Waals surface area (Å²) in [4.78, 5) is 2.93. The molecular weight excluding hydrogens is 480 g/mol. The molecule has 0 saturated heterocycles. The van der Waals surface area contributed by atoms with Crippen LogP contribution in [0.5, 0.6) is 0 Å². The van der Waals surface area contributed by atoms with E-state index in [-0.39, 0.29) is 10.2 Å². The van der Waals surface area contributed by atoms with Crippen molar-refractivity contribution in [2.24, 2.45) is 0 Å². The Morgan fingerprint density at radius 3 is 2.41 bits per heavy atom. The molecule has 32 heavy (non-hydrogen) atoms. The first-order valence-corrected chi connectivity index (χ1v) is 12.9. The van der Waals surface area contributed by atoms with Gasteiger partial charge in [0.25, 0.3) is 10.0 Å². The fourth-order valence-corrected chi connectivity index (χ4v) is 4.91. The Morgan fingerprint density at radius 1 is 1.06 bits per heavy atom. The van der Waals surface area contributed by atoms with Gasteiger partial charge in [-0.1, -0.05) is 29.0 Å². The molecule has 0 fully saturated rings. The maximum atomic E-state index is 14.5. The normalized spacial score (nSPS) is 11.5. The fraction of sp³-hybridized carbons (Fsp3) is 0.450. The van der Waals surface area contributed by atoms with Crippen LogP contribution >= 0.6 is 22.9 Å². The Hall–Kier alpha value is -1.79. The number of hydrogen-bond donors (Lipinski definition) is 4. The lowest BCUT2D eigenvalue weighted by Crippen LogP contribution is -2.28. The van der Waals surface area contributed by atoms with Crippen molar-refractivity contribution >= 4 is 43.8 Å². The van der Waals surface area contributed by atoms with Gasteiger partial charge >= 0.3 is 0 Å². The number of benzene rings is 1. The SMILES string of the molecule is C=CCCCNCCNCCCCNc1cc(F)c(S(=O)(=O)Nc2ncc(F)s2)cc1Cl. The highest BCUT2D eigenvalue weighted by Gasteiger charge is 2.23. The third-order valence-electron chi connectivity index (χ3n) is 4.35. The summed E-state index contributed by atoms with van der Waals surface area (Å²) in [5, 5.41) is 8.92. The summed E-state index contributed by atoms with van der Waals surface area (Å²) >= 11 is 6.64. The van der Waals surface area contributed by atoms with E-state index in [2.05, 4.69) is 27.5 Å². The molecule has 0 spiro atoms. The molecule has 0 aliphatic carbocycles. The molecule has 2 aromatic rings. The lowest BCUT2D eigenvalue weighted by molar-refractivity contribution is 0.570. The summed E-state index contributed by atoms with van der Waals surface area (Å²) in [7, 11) is -4.29. The van der Waals surface area contributed by atoms with E-state index in [1.54, 1.807) is 0 Å². The minimum atomic E-state index is -4.29. The summed E-state index contributed by atoms with van der Waals surface area (Å²) in [6.07, 6.45) is 6.64. The lowest BCUT2D eigenvalue weighted by atomic mass is 10.2. The van der Waals surface area contributed by atoms with Gasteiger partial charge in [0.1, 0.15) is 10.7 Å². The van der Waals surface area contributed by atoms with E-state index in [9.17, 15) is 17.2 Å². The number of nitrogens with one attached hydrogen (secondary N) is 4. The van der Waals surface area contributed by atoms with Crippen LogP contribution in [-0.2, 0) is 10.0 Å². The van der Waals surface area contributed by atoms with E-state index in [1.807, 2.05) is 10.8 Å². The van der Waals surface area contributed by atoms with Crippen molar-refractivity contribution in [3.05, 3.63) is 47.0 Å². The predicted octanol–water partition coefficient (Wildman–Crippen LogP) is 4.21. The molecule has 0 saturated carbocycles. The largest absolute Gasteiger partial charge is 0.384 e. The molecule has 1 aromatic carbocycles. The molecule has 0 aliphatic rings. The van der Waals surface area contributed by atoms with E-state index in [0.717, 1.165) is 70.2 Å². The van der Waals surface area contributed by atoms with Crippen molar-refractivity contribution in [2.45, 2.75) is 30.6 Å². The van der Waals surface area contributed by atoms with Crippen molar-refractivity contribution in [2.75, 3.05) is 42.8 Å². The minimum absolute atomic E-state index is 0.0674. The Morgan fingerprint density at radius 2 is 1.75 bits per heavy atom. The van der Waals surface area contributed by atoms with E-state index in [0.29, 0.717) is 23.6 Å². The average molecular weight is 508 g/mol. The summed E-state index contributed by atoms with van der Waals surface area (Å²) in [5.41, 5.74) is 0.306. The van der Waals surface area contributed by atoms with Gasteiger partial charge in [-0.2, -0.15) is 4.39 Å². The zero-order chi connectivity index (χ0) is 23.4. The molecule has 4 N–H and O–H groups in total. The molecule has 0 aliphatic heterocycles. The van der Waals surface area contributed by atoms with Crippen LogP contribution in [0.2, 0.25) is 5.02 Å². The molecule has 0 bridgehead atoms. The average Bonchev–Trinajstić information content (AvgIpc) is 3.14. The number of unbranched alkanes of at least 4 members (excludes halogenated alkanes) is 2. The van der Waals surface area contributed by atoms with Crippen molar-refractivity contribution in [3.63, 3.8) is 0 Å². The monoisotopic (exact) mass is 507 g/mol. The second kappa shape index (κ2) is 13.7. The van der Waals surface area contributed by atoms with Crippen LogP contribution in [0.3, 0.4) is 0 Å². The van der Waals surface area contributed by atoms with Crippen molar-refractivity contribution in [1.29, 1.82) is 0 Å². The zero-order valence-corrected chi connectivity index (χ0v) is 20.0. The predicted molar refractivity (Wildman–Crippen MR) is 127 cm³/mol. The Labute approximate surface area is 196 Å². The summed E-state index contributed by atoms with van der Waals surface area (Å²) in [5.74, 6) is -0.969. The molecular formula is C20H28ClF2N5O2S2. The number of allylic oxidation sites excluding steroid dienone is 1. The highest BCUT2D eigenvalue weighted by atomic mass is 35.5. The van der Waals surface area contributed by atoms with Crippen LogP contribution in [0.15, 0.2) is 35.9 Å². The third kappa shape index (κ3) is 8.99. The number of nitrogens with zero attached hydrogens (tertiary/aromatic N) is 1. The zero-order valence-electron chi connectivity index (χ0n) is 17.6. The first-order chi connectivity index (χ1) is 15.3. The van der Waals surface area contributed by atoms with Gasteiger partial charge in [-0.3, -0.25) is 4.72 Å². The van der Waals surface area contributed by atoms with Gasteiger partial charge < -0.3 is 16.0 Å². The molecule has 7 nitrogen and oxygen atoms in total. The third-order valence-corrected chi connectivity index (χ3v) is 6.84. The molecule has 178 valence electrons. The molecule has 2 rings (SSSR count). The highest BCUT2D eigenvalue weighted by molar-refractivity contribution is 7.93. The standard InChI is InChI=1S/C20H28ClF2N5O2S2/c1-2-3-4-7-24-10-11-25-8-5-6-9-26-17-13-16(22)18(12-15(17)21)32(29,30)28-20-27-14-19(23)31-20/h2,12-14,24-26H,1,3-11H2,(H,27,28). The van der Waals surface area contributed by atoms with Crippen LogP contribution in [0.1, 0.15) is 25.7 Å². The second-order valence-corrected chi connectivity index (χ2v) is 9.94. The van der Waals surface area contributed by atoms with E-state index in [4.69, 9.17) is 11.6 Å². The van der Waals surface area contributed by atoms with E-state index in [1.165, 1.54) is 0 Å². The van der Waals surface area contributed by atoms with Crippen molar-refractivity contribution < 1.29 is 17.2 Å². The minimum Gasteiger partial charge on any atom is -0.384 e. The number of halogens is 3. The highest BCUT2D eigenvalue weighted by Crippen LogP contribution is 2.29. The van der Waals surface area contributed by atoms with Gasteiger partial charge in [0, 0.05) is 19.6 Å². The number of rotatable bonds is 16. The molecule has 12 heteroatoms. The number of sulfonamides is 1. The smallest absolute Gasteiger partial charge is 0.266 e. The quantitative estimate of drug-likeness (QED) is 0.201. The maximum absolute atomic E-state index is 14.5. The van der Waals surface area contributed by atoms with Gasteiger partial charge in [0.2, 0.25) is 0 Å². The van der Waals surface area contributed by atoms with Gasteiger partial charge in [-0.05, 0) is 50.9 Å². The van der Waals surface area contributed by atoms with Crippen LogP contribution in [0, 0.1) is 10.9 Å². The fourth-order valence-electron chi connectivity index (χ4n) is 2.74. The van der Waals surface area contributed by atoms with Crippen LogP contribution in [-0.4, -0.2) is 46.1 Å². The molecule has 0 unspecified atom stereocenters. The van der Waals surface area contributed by atoms with Gasteiger partial charge in [0.05, 0.1) is 16.9 Å². The summed E-state index contributed by atoms with van der Waals surface area (Å²) in [6, 6.07) is 2.06. The maximum Gasteiger partial charge on any atom is 0.266 e. The number of thiazole rings is 1. The van der Waals surface area contributed by atoms with Crippen LogP contribution in [0.4, 0.5) is 19.6 Å². The number of anilines is 2. The van der Waals surface area contributed by atoms with Crippen LogP contribution < -0.4 is 20.7 Å². The second-order valence-electron chi connectivity index (χ2n) is 6.90. The van der Waals surface area contributed by atoms with Gasteiger partial charge in [0.15, 0.2) is 10.3 Å². The van der Waals surface area contributed by atoms with Crippen molar-refractivity contribution in [1.82, 2.24) is 15.6 Å². The summed E-state index contributed by atoms with van der Waals surface area (Å²) < 4.78 is 54.2. The molecule has 0 atom stereocenters. The molecule has 1 aromatic heterocycles. The Balaban J connectivity index is 1.72. The van der Waals surface area contributed by atoms with Gasteiger partial charge in [-0.15, -0.1) is 6.58 Å². The van der Waals surface area contributed by atoms with E-state index >= 15 is 0 Å². The van der Waals surface area contributed by atoms with Crippen LogP contribution in [0.25, 0.3) is 0 Å². The number of hydrogen-bond acceptors (Lipinski definition) is 7. The van der Waals surface area contributed by atoms with Gasteiger partial charge in [-0.25, -0.2) is 17.8 Å². The Bertz CT molecular complexity index is 973. The van der Waals surface area contributed by atoms with E-state index < -0.39 is 25.9 Å². The lowest BCUT2D eigenvalue weighted by Gasteiger charge is -2.12. The molecule has 1 heterocycles. The topological polar surface area (TPSA) is 95.1 Å². The molecule has 0 radical (unpaired) electrons. The van der Waals surface area contributed by atoms with Crippen molar-refractivity contribution in [3.8, 4) is 0 Å². The number of aromatic nitrogens is 1.